The van der Waals surface area contributed by atoms with E-state index in [0.29, 0.717) is 17.3 Å². The van der Waals surface area contributed by atoms with Gasteiger partial charge in [0.25, 0.3) is 5.56 Å². The van der Waals surface area contributed by atoms with Gasteiger partial charge < -0.3 is 26.6 Å². The Balaban J connectivity index is 1.79. The summed E-state index contributed by atoms with van der Waals surface area (Å²) in [5.74, 6) is -2.03. The van der Waals surface area contributed by atoms with Gasteiger partial charge in [0.05, 0.1) is 10.9 Å². The number of carboxylic acid groups (broad SMARTS) is 2. The highest BCUT2D eigenvalue weighted by Gasteiger charge is 2.18. The summed E-state index contributed by atoms with van der Waals surface area (Å²) in [4.78, 5) is 41.2. The molecule has 3 aromatic rings. The molecule has 180 valence electrons. The zero-order valence-electron chi connectivity index (χ0n) is 18.9. The second-order valence-corrected chi connectivity index (χ2v) is 8.10. The summed E-state index contributed by atoms with van der Waals surface area (Å²) in [7, 11) is 0. The Morgan fingerprint density at radius 3 is 2.59 bits per heavy atom. The minimum absolute atomic E-state index is 0.00206. The number of hydrogen-bond donors (Lipinski definition) is 6. The van der Waals surface area contributed by atoms with E-state index < -0.39 is 18.0 Å². The number of carbonyl (C=O) groups is 2. The third-order valence-corrected chi connectivity index (χ3v) is 5.42. The SMILES string of the molecule is CCCNc1cc(Cc2ccc3nc(N)[nH]c(=O)c3c2)ccc1CN[C@@H](CCC(=O)O)C(=O)O. The summed E-state index contributed by atoms with van der Waals surface area (Å²) >= 11 is 0. The molecule has 34 heavy (non-hydrogen) atoms. The van der Waals surface area contributed by atoms with Gasteiger partial charge in [-0.2, -0.15) is 0 Å². The van der Waals surface area contributed by atoms with Crippen molar-refractivity contribution in [3.05, 3.63) is 63.4 Å². The molecule has 0 aliphatic rings. The van der Waals surface area contributed by atoms with Crippen molar-refractivity contribution >= 4 is 34.5 Å². The van der Waals surface area contributed by atoms with Crippen LogP contribution < -0.4 is 21.9 Å². The number of aromatic amines is 1. The molecule has 0 aliphatic carbocycles. The lowest BCUT2D eigenvalue weighted by atomic mass is 10.0. The molecular weight excluding hydrogens is 438 g/mol. The number of aromatic nitrogens is 2. The summed E-state index contributed by atoms with van der Waals surface area (Å²) in [6.45, 7) is 3.08. The van der Waals surface area contributed by atoms with Gasteiger partial charge in [-0.05, 0) is 54.2 Å². The molecule has 0 fully saturated rings. The van der Waals surface area contributed by atoms with Crippen molar-refractivity contribution in [2.24, 2.45) is 0 Å². The molecule has 1 aromatic heterocycles. The fraction of sp³-hybridized carbons (Fsp3) is 0.333. The second-order valence-electron chi connectivity index (χ2n) is 8.10. The molecule has 7 N–H and O–H groups in total. The third-order valence-electron chi connectivity index (χ3n) is 5.42. The van der Waals surface area contributed by atoms with Gasteiger partial charge in [0, 0.05) is 25.2 Å². The van der Waals surface area contributed by atoms with Crippen LogP contribution in [0.15, 0.2) is 41.2 Å². The number of nitrogen functional groups attached to an aromatic ring is 1. The Morgan fingerprint density at radius 2 is 1.88 bits per heavy atom. The van der Waals surface area contributed by atoms with Crippen LogP contribution in [0.1, 0.15) is 42.9 Å². The van der Waals surface area contributed by atoms with Gasteiger partial charge in [-0.25, -0.2) is 4.98 Å². The smallest absolute Gasteiger partial charge is 0.320 e. The lowest BCUT2D eigenvalue weighted by Gasteiger charge is -2.17. The van der Waals surface area contributed by atoms with Gasteiger partial charge in [0.15, 0.2) is 0 Å². The lowest BCUT2D eigenvalue weighted by Crippen LogP contribution is -2.36. The van der Waals surface area contributed by atoms with Crippen molar-refractivity contribution in [3.8, 4) is 0 Å². The van der Waals surface area contributed by atoms with Gasteiger partial charge in [0.2, 0.25) is 5.95 Å². The fourth-order valence-electron chi connectivity index (χ4n) is 3.68. The summed E-state index contributed by atoms with van der Waals surface area (Å²) < 4.78 is 0. The number of benzene rings is 2. The highest BCUT2D eigenvalue weighted by Crippen LogP contribution is 2.22. The molecule has 0 spiro atoms. The van der Waals surface area contributed by atoms with Crippen LogP contribution in [0.25, 0.3) is 10.9 Å². The molecule has 0 saturated heterocycles. The number of carboxylic acids is 2. The van der Waals surface area contributed by atoms with Crippen molar-refractivity contribution in [2.45, 2.75) is 45.2 Å². The second kappa shape index (κ2) is 11.3. The van der Waals surface area contributed by atoms with Crippen LogP contribution in [0.3, 0.4) is 0 Å². The Kier molecular flexibility index (Phi) is 8.20. The van der Waals surface area contributed by atoms with Gasteiger partial charge in [-0.15, -0.1) is 0 Å². The summed E-state index contributed by atoms with van der Waals surface area (Å²) in [6, 6.07) is 10.4. The van der Waals surface area contributed by atoms with Crippen LogP contribution in [-0.4, -0.2) is 44.7 Å². The van der Waals surface area contributed by atoms with E-state index in [1.54, 1.807) is 12.1 Å². The monoisotopic (exact) mass is 467 g/mol. The average molecular weight is 468 g/mol. The first-order valence-electron chi connectivity index (χ1n) is 11.1. The van der Waals surface area contributed by atoms with E-state index in [1.165, 1.54) is 0 Å². The number of H-pyrrole nitrogens is 1. The average Bonchev–Trinajstić information content (AvgIpc) is 2.78. The van der Waals surface area contributed by atoms with Crippen molar-refractivity contribution in [1.82, 2.24) is 15.3 Å². The van der Waals surface area contributed by atoms with Crippen LogP contribution in [0.2, 0.25) is 0 Å². The van der Waals surface area contributed by atoms with Gasteiger partial charge in [0.1, 0.15) is 6.04 Å². The molecule has 3 rings (SSSR count). The van der Waals surface area contributed by atoms with Crippen molar-refractivity contribution in [2.75, 3.05) is 17.6 Å². The molecule has 0 bridgehead atoms. The molecule has 0 radical (unpaired) electrons. The van der Waals surface area contributed by atoms with Gasteiger partial charge in [-0.1, -0.05) is 25.1 Å². The molecule has 1 heterocycles. The first-order valence-corrected chi connectivity index (χ1v) is 11.1. The molecule has 0 saturated carbocycles. The number of nitrogens with zero attached hydrogens (tertiary/aromatic N) is 1. The van der Waals surface area contributed by atoms with E-state index in [4.69, 9.17) is 10.8 Å². The third kappa shape index (κ3) is 6.55. The predicted molar refractivity (Wildman–Crippen MR) is 130 cm³/mol. The quantitative estimate of drug-likeness (QED) is 0.234. The largest absolute Gasteiger partial charge is 0.481 e. The summed E-state index contributed by atoms with van der Waals surface area (Å²) in [6.07, 6.45) is 1.28. The zero-order valence-corrected chi connectivity index (χ0v) is 18.9. The van der Waals surface area contributed by atoms with E-state index in [2.05, 4.69) is 27.5 Å². The standard InChI is InChI=1S/C24H29N5O5/c1-2-9-26-20-12-15(3-5-16(20)13-27-19(23(33)34)7-8-21(30)31)10-14-4-6-18-17(11-14)22(32)29-24(25)28-18/h3-6,11-12,19,26-27H,2,7-10,13H2,1H3,(H,30,31)(H,33,34)(H3,25,28,29,32)/t19-/m0/s1. The Bertz CT molecular complexity index is 1240. The number of aliphatic carboxylic acids is 2. The maximum absolute atomic E-state index is 12.2. The van der Waals surface area contributed by atoms with Crippen molar-refractivity contribution in [3.63, 3.8) is 0 Å². The summed E-state index contributed by atoms with van der Waals surface area (Å²) in [5.41, 5.74) is 9.58. The predicted octanol–water partition coefficient (Wildman–Crippen LogP) is 2.33. The molecule has 10 nitrogen and oxygen atoms in total. The van der Waals surface area contributed by atoms with Crippen LogP contribution in [0, 0.1) is 0 Å². The van der Waals surface area contributed by atoms with E-state index in [-0.39, 0.29) is 30.9 Å². The molecule has 2 aromatic carbocycles. The molecule has 0 amide bonds. The Labute approximate surface area is 196 Å². The maximum atomic E-state index is 12.2. The van der Waals surface area contributed by atoms with Crippen molar-refractivity contribution in [1.29, 1.82) is 0 Å². The Hall–Kier alpha value is -3.92. The topological polar surface area (TPSA) is 170 Å². The van der Waals surface area contributed by atoms with Gasteiger partial charge in [-0.3, -0.25) is 19.4 Å². The number of nitrogens with two attached hydrogens (primary N) is 1. The molecule has 0 aliphatic heterocycles. The fourth-order valence-corrected chi connectivity index (χ4v) is 3.68. The first-order chi connectivity index (χ1) is 16.3. The molecular formula is C24H29N5O5. The summed E-state index contributed by atoms with van der Waals surface area (Å²) in [5, 5.41) is 25.0. The van der Waals surface area contributed by atoms with Gasteiger partial charge >= 0.3 is 11.9 Å². The first kappa shape index (κ1) is 24.7. The minimum atomic E-state index is -1.08. The van der Waals surface area contributed by atoms with E-state index >= 15 is 0 Å². The number of nitrogens with one attached hydrogen (secondary N) is 3. The zero-order chi connectivity index (χ0) is 24.7. The molecule has 1 atom stereocenters. The molecule has 0 unspecified atom stereocenters. The highest BCUT2D eigenvalue weighted by atomic mass is 16.4. The number of hydrogen-bond acceptors (Lipinski definition) is 7. The van der Waals surface area contributed by atoms with E-state index in [0.717, 1.165) is 35.3 Å². The minimum Gasteiger partial charge on any atom is -0.481 e. The lowest BCUT2D eigenvalue weighted by molar-refractivity contribution is -0.140. The number of fused-ring (bicyclic) bond motifs is 1. The van der Waals surface area contributed by atoms with E-state index in [9.17, 15) is 19.5 Å². The van der Waals surface area contributed by atoms with Crippen LogP contribution >= 0.6 is 0 Å². The van der Waals surface area contributed by atoms with Crippen molar-refractivity contribution < 1.29 is 19.8 Å². The number of anilines is 2. The Morgan fingerprint density at radius 1 is 1.15 bits per heavy atom. The maximum Gasteiger partial charge on any atom is 0.320 e. The normalized spacial score (nSPS) is 11.9. The number of rotatable bonds is 12. The molecule has 10 heteroatoms. The highest BCUT2D eigenvalue weighted by molar-refractivity contribution is 5.79. The van der Waals surface area contributed by atoms with E-state index in [1.807, 2.05) is 24.3 Å². The van der Waals surface area contributed by atoms with Crippen LogP contribution in [0.5, 0.6) is 0 Å². The van der Waals surface area contributed by atoms with Crippen LogP contribution in [-0.2, 0) is 22.6 Å². The van der Waals surface area contributed by atoms with Crippen LogP contribution in [0.4, 0.5) is 11.6 Å².